The van der Waals surface area contributed by atoms with Crippen molar-refractivity contribution in [1.29, 1.82) is 0 Å². The molecule has 1 saturated heterocycles. The number of aromatic hydroxyl groups is 1. The zero-order valence-corrected chi connectivity index (χ0v) is 17.5. The van der Waals surface area contributed by atoms with Crippen molar-refractivity contribution >= 4 is 12.0 Å². The van der Waals surface area contributed by atoms with Crippen LogP contribution in [-0.4, -0.2) is 34.5 Å². The van der Waals surface area contributed by atoms with Crippen molar-refractivity contribution in [3.8, 4) is 5.75 Å². The minimum atomic E-state index is -0.202. The minimum absolute atomic E-state index is 0.0778. The highest BCUT2D eigenvalue weighted by molar-refractivity contribution is 5.76. The lowest BCUT2D eigenvalue weighted by Gasteiger charge is -2.33. The number of rotatable bonds is 6. The fourth-order valence-corrected chi connectivity index (χ4v) is 4.13. The second-order valence-electron chi connectivity index (χ2n) is 8.10. The van der Waals surface area contributed by atoms with Gasteiger partial charge in [0.15, 0.2) is 11.4 Å². The molecular weight excluding hydrogens is 393 g/mol. The molecule has 0 amide bonds. The smallest absolute Gasteiger partial charge is 0.257 e. The van der Waals surface area contributed by atoms with Crippen LogP contribution in [0.1, 0.15) is 41.2 Å². The summed E-state index contributed by atoms with van der Waals surface area (Å²) in [7, 11) is 0. The molecule has 0 saturated carbocycles. The van der Waals surface area contributed by atoms with E-state index in [1.165, 1.54) is 0 Å². The summed E-state index contributed by atoms with van der Waals surface area (Å²) in [4.78, 5) is 21.6. The molecule has 1 fully saturated rings. The van der Waals surface area contributed by atoms with E-state index >= 15 is 0 Å². The second kappa shape index (κ2) is 9.25. The van der Waals surface area contributed by atoms with Crippen molar-refractivity contribution in [3.63, 3.8) is 0 Å². The van der Waals surface area contributed by atoms with Crippen molar-refractivity contribution in [2.45, 2.75) is 32.6 Å². The van der Waals surface area contributed by atoms with Gasteiger partial charge < -0.3 is 10.0 Å². The van der Waals surface area contributed by atoms with Gasteiger partial charge in [-0.2, -0.15) is 0 Å². The highest BCUT2D eigenvalue weighted by Crippen LogP contribution is 2.28. The maximum absolute atomic E-state index is 14.7. The van der Waals surface area contributed by atoms with Crippen molar-refractivity contribution in [2.24, 2.45) is 5.92 Å². The Bertz CT molecular complexity index is 1060. The van der Waals surface area contributed by atoms with Crippen molar-refractivity contribution < 1.29 is 14.3 Å². The van der Waals surface area contributed by atoms with E-state index in [-0.39, 0.29) is 17.3 Å². The van der Waals surface area contributed by atoms with Gasteiger partial charge in [0.1, 0.15) is 11.6 Å². The van der Waals surface area contributed by atoms with Gasteiger partial charge in [-0.25, -0.2) is 14.4 Å². The molecule has 0 unspecified atom stereocenters. The van der Waals surface area contributed by atoms with Gasteiger partial charge in [0.05, 0.1) is 5.69 Å². The topological polar surface area (TPSA) is 66.3 Å². The van der Waals surface area contributed by atoms with Crippen LogP contribution in [0.3, 0.4) is 0 Å². The molecular formula is C25H25FN3O2. The van der Waals surface area contributed by atoms with E-state index in [4.69, 9.17) is 0 Å². The highest BCUT2D eigenvalue weighted by Gasteiger charge is 2.22. The summed E-state index contributed by atoms with van der Waals surface area (Å²) in [5.41, 5.74) is 3.02. The number of hydrogen-bond acceptors (Lipinski definition) is 5. The maximum atomic E-state index is 14.7. The van der Waals surface area contributed by atoms with E-state index in [1.54, 1.807) is 19.3 Å². The third kappa shape index (κ3) is 4.90. The number of hydrogen-bond donors (Lipinski definition) is 1. The number of piperidine rings is 1. The Morgan fingerprint density at radius 2 is 1.87 bits per heavy atom. The van der Waals surface area contributed by atoms with Crippen molar-refractivity contribution in [3.05, 3.63) is 82.7 Å². The first-order valence-electron chi connectivity index (χ1n) is 10.6. The number of aromatic nitrogens is 2. The van der Waals surface area contributed by atoms with Crippen LogP contribution >= 0.6 is 0 Å². The van der Waals surface area contributed by atoms with Crippen molar-refractivity contribution in [1.82, 2.24) is 9.97 Å². The van der Waals surface area contributed by atoms with Crippen LogP contribution < -0.4 is 4.90 Å². The quantitative estimate of drug-likeness (QED) is 0.652. The van der Waals surface area contributed by atoms with Crippen molar-refractivity contribution in [2.75, 3.05) is 18.0 Å². The summed E-state index contributed by atoms with van der Waals surface area (Å²) >= 11 is 0. The molecule has 159 valence electrons. The predicted octanol–water partition coefficient (Wildman–Crippen LogP) is 4.14. The largest absolute Gasteiger partial charge is 0.504 e. The second-order valence-corrected chi connectivity index (χ2v) is 8.10. The molecule has 6 heteroatoms. The molecule has 31 heavy (non-hydrogen) atoms. The standard InChI is InChI=1S/C25H25FN3O2/c1-17-25(31)23(16-30)28-24(27-17)14-19-9-11-29(12-10-19)21-8-7-20(22(26)15-21)13-18-5-3-2-4-6-18/h2-8,15,19,31H,9-14H2,1H3. The average molecular weight is 418 g/mol. The molecule has 5 nitrogen and oxygen atoms in total. The lowest BCUT2D eigenvalue weighted by Crippen LogP contribution is -2.34. The SMILES string of the molecule is Cc1nc(CC2CCN(c3ccc(Cc4ccccc4)c(F)c3)CC2)nc([C]=O)c1O. The number of halogens is 1. The van der Waals surface area contributed by atoms with Gasteiger partial charge in [-0.3, -0.25) is 4.79 Å². The molecule has 1 aliphatic rings. The summed E-state index contributed by atoms with van der Waals surface area (Å²) in [6.45, 7) is 3.30. The lowest BCUT2D eigenvalue weighted by molar-refractivity contribution is 0.394. The summed E-state index contributed by atoms with van der Waals surface area (Å²) < 4.78 is 14.7. The number of anilines is 1. The normalized spacial score (nSPS) is 14.6. The van der Waals surface area contributed by atoms with Gasteiger partial charge >= 0.3 is 0 Å². The van der Waals surface area contributed by atoms with E-state index in [1.807, 2.05) is 42.5 Å². The molecule has 0 atom stereocenters. The molecule has 4 rings (SSSR count). The minimum Gasteiger partial charge on any atom is -0.504 e. The number of nitrogens with zero attached hydrogens (tertiary/aromatic N) is 3. The zero-order valence-electron chi connectivity index (χ0n) is 17.5. The molecule has 1 radical (unpaired) electrons. The van der Waals surface area contributed by atoms with E-state index in [0.717, 1.165) is 37.2 Å². The summed E-state index contributed by atoms with van der Waals surface area (Å²) in [5, 5.41) is 9.79. The molecule has 1 aromatic heterocycles. The molecule has 1 N–H and O–H groups in total. The van der Waals surface area contributed by atoms with Crippen LogP contribution in [0.4, 0.5) is 10.1 Å². The van der Waals surface area contributed by atoms with E-state index < -0.39 is 0 Å². The summed E-state index contributed by atoms with van der Waals surface area (Å²) in [5.74, 6) is 0.561. The van der Waals surface area contributed by atoms with Gasteiger partial charge in [-0.15, -0.1) is 0 Å². The fraction of sp³-hybridized carbons (Fsp3) is 0.320. The van der Waals surface area contributed by atoms with Gasteiger partial charge in [-0.1, -0.05) is 36.4 Å². The Morgan fingerprint density at radius 3 is 2.55 bits per heavy atom. The number of aryl methyl sites for hydroxylation is 1. The van der Waals surface area contributed by atoms with Gasteiger partial charge in [-0.05, 0) is 48.9 Å². The number of benzene rings is 2. The first kappa shape index (κ1) is 21.0. The molecule has 2 heterocycles. The van der Waals surface area contributed by atoms with Crippen LogP contribution in [0.2, 0.25) is 0 Å². The fourth-order valence-electron chi connectivity index (χ4n) is 4.13. The summed E-state index contributed by atoms with van der Waals surface area (Å²) in [6, 6.07) is 15.4. The van der Waals surface area contributed by atoms with Gasteiger partial charge in [0, 0.05) is 31.6 Å². The zero-order chi connectivity index (χ0) is 21.8. The Morgan fingerprint density at radius 1 is 1.13 bits per heavy atom. The summed E-state index contributed by atoms with van der Waals surface area (Å²) in [6.07, 6.45) is 4.76. The van der Waals surface area contributed by atoms with Gasteiger partial charge in [0.2, 0.25) is 0 Å². The first-order chi connectivity index (χ1) is 15.0. The molecule has 1 aliphatic heterocycles. The first-order valence-corrected chi connectivity index (χ1v) is 10.6. The average Bonchev–Trinajstić information content (AvgIpc) is 2.79. The van der Waals surface area contributed by atoms with Crippen LogP contribution in [0, 0.1) is 18.7 Å². The highest BCUT2D eigenvalue weighted by atomic mass is 19.1. The van der Waals surface area contributed by atoms with E-state index in [0.29, 0.717) is 35.8 Å². The third-order valence-corrected chi connectivity index (χ3v) is 5.93. The van der Waals surface area contributed by atoms with E-state index in [9.17, 15) is 14.3 Å². The van der Waals surface area contributed by atoms with E-state index in [2.05, 4.69) is 14.9 Å². The van der Waals surface area contributed by atoms with Crippen LogP contribution in [-0.2, 0) is 17.6 Å². The monoisotopic (exact) mass is 418 g/mol. The Kier molecular flexibility index (Phi) is 6.26. The Hall–Kier alpha value is -3.28. The Labute approximate surface area is 181 Å². The molecule has 3 aromatic rings. The molecule has 2 aromatic carbocycles. The lowest BCUT2D eigenvalue weighted by atomic mass is 9.92. The Balaban J connectivity index is 1.37. The maximum Gasteiger partial charge on any atom is 0.257 e. The van der Waals surface area contributed by atoms with Crippen LogP contribution in [0.15, 0.2) is 48.5 Å². The number of carbonyl (C=O) groups excluding carboxylic acids is 1. The molecule has 0 spiro atoms. The van der Waals surface area contributed by atoms with Crippen LogP contribution in [0.5, 0.6) is 5.75 Å². The predicted molar refractivity (Wildman–Crippen MR) is 118 cm³/mol. The molecule has 0 bridgehead atoms. The third-order valence-electron chi connectivity index (χ3n) is 5.93. The molecule has 0 aliphatic carbocycles. The van der Waals surface area contributed by atoms with Gasteiger partial charge in [0.25, 0.3) is 6.29 Å². The van der Waals surface area contributed by atoms with Crippen LogP contribution in [0.25, 0.3) is 0 Å².